The lowest BCUT2D eigenvalue weighted by Crippen LogP contribution is -2.36. The average Bonchev–Trinajstić information content (AvgIpc) is 3.32. The molecule has 1 aromatic carbocycles. The molecule has 0 saturated carbocycles. The molecule has 2 aliphatic heterocycles. The number of hydrogen-bond donors (Lipinski definition) is 2. The Labute approximate surface area is 193 Å². The van der Waals surface area contributed by atoms with Crippen molar-refractivity contribution in [1.82, 2.24) is 4.90 Å². The van der Waals surface area contributed by atoms with Crippen LogP contribution >= 0.6 is 11.3 Å². The monoisotopic (exact) mass is 470 g/mol. The molecule has 2 aromatic rings. The molecule has 1 saturated heterocycles. The van der Waals surface area contributed by atoms with E-state index in [0.29, 0.717) is 23.7 Å². The first kappa shape index (κ1) is 22.5. The van der Waals surface area contributed by atoms with Crippen LogP contribution < -0.4 is 16.0 Å². The predicted octanol–water partition coefficient (Wildman–Crippen LogP) is 2.27. The van der Waals surface area contributed by atoms with E-state index in [1.54, 1.807) is 11.8 Å². The second-order valence-corrected chi connectivity index (χ2v) is 8.67. The Morgan fingerprint density at radius 2 is 1.76 bits per heavy atom. The first-order valence-corrected chi connectivity index (χ1v) is 11.2. The van der Waals surface area contributed by atoms with Gasteiger partial charge in [0.05, 0.1) is 24.4 Å². The number of nitrogens with two attached hydrogens (primary N) is 1. The summed E-state index contributed by atoms with van der Waals surface area (Å²) in [4.78, 5) is 64.2. The number of anilines is 2. The van der Waals surface area contributed by atoms with Crippen molar-refractivity contribution in [3.63, 3.8) is 0 Å². The van der Waals surface area contributed by atoms with Gasteiger partial charge in [0.2, 0.25) is 11.8 Å². The van der Waals surface area contributed by atoms with Crippen molar-refractivity contribution in [3.8, 4) is 0 Å². The van der Waals surface area contributed by atoms with E-state index in [1.807, 2.05) is 0 Å². The molecule has 3 heterocycles. The molecule has 0 bridgehead atoms. The van der Waals surface area contributed by atoms with Crippen LogP contribution in [0.4, 0.5) is 15.5 Å². The first-order valence-electron chi connectivity index (χ1n) is 10.4. The Kier molecular flexibility index (Phi) is 6.14. The number of carbonyl (C=O) groups is 5. The number of fused-ring (bicyclic) bond motifs is 1. The minimum atomic E-state index is -0.659. The molecule has 0 spiro atoms. The molecule has 3 N–H and O–H groups in total. The Balaban J connectivity index is 1.54. The lowest BCUT2D eigenvalue weighted by atomic mass is 10.0. The van der Waals surface area contributed by atoms with Gasteiger partial charge in [-0.05, 0) is 43.2 Å². The molecule has 4 rings (SSSR count). The highest BCUT2D eigenvalue weighted by Crippen LogP contribution is 2.37. The second kappa shape index (κ2) is 9.02. The summed E-state index contributed by atoms with van der Waals surface area (Å²) >= 11 is 1.20. The average molecular weight is 471 g/mol. The molecule has 10 nitrogen and oxygen atoms in total. The molecule has 1 fully saturated rings. The molecule has 0 atom stereocenters. The maximum atomic E-state index is 12.8. The highest BCUT2D eigenvalue weighted by Gasteiger charge is 2.31. The van der Waals surface area contributed by atoms with Crippen LogP contribution in [0.2, 0.25) is 0 Å². The zero-order valence-corrected chi connectivity index (χ0v) is 18.7. The van der Waals surface area contributed by atoms with Crippen molar-refractivity contribution in [1.29, 1.82) is 0 Å². The normalized spacial score (nSPS) is 15.4. The lowest BCUT2D eigenvalue weighted by molar-refractivity contribution is -0.121. The first-order chi connectivity index (χ1) is 15.8. The summed E-state index contributed by atoms with van der Waals surface area (Å²) in [5, 5.41) is 3.05. The van der Waals surface area contributed by atoms with Gasteiger partial charge in [0.15, 0.2) is 0 Å². The van der Waals surface area contributed by atoms with E-state index in [1.165, 1.54) is 35.6 Å². The van der Waals surface area contributed by atoms with Gasteiger partial charge in [-0.3, -0.25) is 24.1 Å². The number of primary amides is 1. The number of amides is 5. The van der Waals surface area contributed by atoms with Crippen molar-refractivity contribution in [2.45, 2.75) is 32.7 Å². The molecule has 0 radical (unpaired) electrons. The van der Waals surface area contributed by atoms with Gasteiger partial charge >= 0.3 is 6.09 Å². The lowest BCUT2D eigenvalue weighted by Gasteiger charge is -2.26. The van der Waals surface area contributed by atoms with Gasteiger partial charge in [-0.15, -0.1) is 11.3 Å². The summed E-state index contributed by atoms with van der Waals surface area (Å²) < 4.78 is 5.05. The van der Waals surface area contributed by atoms with E-state index in [2.05, 4.69) is 5.32 Å². The van der Waals surface area contributed by atoms with Crippen molar-refractivity contribution in [2.75, 3.05) is 23.4 Å². The Morgan fingerprint density at radius 3 is 2.36 bits per heavy atom. The van der Waals surface area contributed by atoms with Gasteiger partial charge in [0, 0.05) is 29.8 Å². The number of nitrogens with zero attached hydrogens (tertiary/aromatic N) is 2. The van der Waals surface area contributed by atoms with Crippen LogP contribution in [-0.4, -0.2) is 47.8 Å². The summed E-state index contributed by atoms with van der Waals surface area (Å²) in [6, 6.07) is 6.07. The molecular formula is C22H22N4O6S. The zero-order valence-electron chi connectivity index (χ0n) is 17.9. The number of imide groups is 1. The summed E-state index contributed by atoms with van der Waals surface area (Å²) in [6.45, 7) is 2.64. The van der Waals surface area contributed by atoms with Crippen LogP contribution in [0.1, 0.15) is 50.9 Å². The van der Waals surface area contributed by atoms with Gasteiger partial charge in [-0.1, -0.05) is 0 Å². The zero-order chi connectivity index (χ0) is 23.7. The third-order valence-corrected chi connectivity index (χ3v) is 6.63. The van der Waals surface area contributed by atoms with Crippen molar-refractivity contribution < 1.29 is 28.7 Å². The van der Waals surface area contributed by atoms with E-state index < -0.39 is 17.9 Å². The van der Waals surface area contributed by atoms with Crippen LogP contribution in [0.15, 0.2) is 24.3 Å². The van der Waals surface area contributed by atoms with Crippen LogP contribution in [-0.2, 0) is 27.3 Å². The van der Waals surface area contributed by atoms with Crippen LogP contribution in [0.25, 0.3) is 0 Å². The summed E-state index contributed by atoms with van der Waals surface area (Å²) in [7, 11) is 0. The van der Waals surface area contributed by atoms with Crippen LogP contribution in [0.3, 0.4) is 0 Å². The standard InChI is InChI=1S/C22H22N4O6S/c1-2-32-22(31)25-10-9-14-15(11-25)33-21(18(14)19(23)29)24-20(30)12-3-5-13(6-4-12)26-16(27)7-8-17(26)28/h3-6H,2,7-11H2,1H3,(H2,23,29)(H,24,30). The van der Waals surface area contributed by atoms with Crippen LogP contribution in [0, 0.1) is 0 Å². The topological polar surface area (TPSA) is 139 Å². The second-order valence-electron chi connectivity index (χ2n) is 7.57. The third-order valence-electron chi connectivity index (χ3n) is 5.50. The fourth-order valence-corrected chi connectivity index (χ4v) is 5.19. The molecule has 11 heteroatoms. The maximum Gasteiger partial charge on any atom is 0.410 e. The molecule has 2 aliphatic rings. The summed E-state index contributed by atoms with van der Waals surface area (Å²) in [5.41, 5.74) is 7.26. The van der Waals surface area contributed by atoms with Crippen molar-refractivity contribution >= 4 is 51.7 Å². The van der Waals surface area contributed by atoms with E-state index in [9.17, 15) is 24.0 Å². The molecule has 1 aromatic heterocycles. The Morgan fingerprint density at radius 1 is 1.09 bits per heavy atom. The van der Waals surface area contributed by atoms with Crippen molar-refractivity contribution in [3.05, 3.63) is 45.8 Å². The summed E-state index contributed by atoms with van der Waals surface area (Å²) in [5.74, 6) is -1.67. The fraction of sp³-hybridized carbons (Fsp3) is 0.318. The molecule has 0 aliphatic carbocycles. The number of carbonyl (C=O) groups excluding carboxylic acids is 5. The van der Waals surface area contributed by atoms with Gasteiger partial charge in [0.1, 0.15) is 5.00 Å². The molecule has 0 unspecified atom stereocenters. The number of nitrogens with one attached hydrogen (secondary N) is 1. The fourth-order valence-electron chi connectivity index (χ4n) is 3.92. The molecular weight excluding hydrogens is 448 g/mol. The third kappa shape index (κ3) is 4.31. The highest BCUT2D eigenvalue weighted by atomic mass is 32.1. The smallest absolute Gasteiger partial charge is 0.410 e. The SMILES string of the molecule is CCOC(=O)N1CCc2c(sc(NC(=O)c3ccc(N4C(=O)CCC4=O)cc3)c2C(N)=O)C1. The highest BCUT2D eigenvalue weighted by molar-refractivity contribution is 7.17. The minimum absolute atomic E-state index is 0.174. The van der Waals surface area contributed by atoms with E-state index in [0.717, 1.165) is 15.3 Å². The minimum Gasteiger partial charge on any atom is -0.450 e. The molecule has 33 heavy (non-hydrogen) atoms. The molecule has 5 amide bonds. The van der Waals surface area contributed by atoms with Crippen LogP contribution in [0.5, 0.6) is 0 Å². The van der Waals surface area contributed by atoms with Gasteiger partial charge < -0.3 is 20.7 Å². The quantitative estimate of drug-likeness (QED) is 0.643. The Hall–Kier alpha value is -3.73. The number of ether oxygens (including phenoxy) is 1. The van der Waals surface area contributed by atoms with E-state index in [4.69, 9.17) is 10.5 Å². The maximum absolute atomic E-state index is 12.8. The van der Waals surface area contributed by atoms with Gasteiger partial charge in [-0.2, -0.15) is 0 Å². The van der Waals surface area contributed by atoms with Crippen molar-refractivity contribution in [2.24, 2.45) is 5.73 Å². The molecule has 172 valence electrons. The predicted molar refractivity (Wildman–Crippen MR) is 120 cm³/mol. The number of benzene rings is 1. The summed E-state index contributed by atoms with van der Waals surface area (Å²) in [6.07, 6.45) is 0.338. The number of rotatable bonds is 5. The van der Waals surface area contributed by atoms with E-state index >= 15 is 0 Å². The van der Waals surface area contributed by atoms with Gasteiger partial charge in [0.25, 0.3) is 11.8 Å². The number of thiophene rings is 1. The number of hydrogen-bond acceptors (Lipinski definition) is 7. The van der Waals surface area contributed by atoms with E-state index in [-0.39, 0.29) is 48.9 Å². The Bertz CT molecular complexity index is 1140. The van der Waals surface area contributed by atoms with Gasteiger partial charge in [-0.25, -0.2) is 4.79 Å². The largest absolute Gasteiger partial charge is 0.450 e.